The molecule has 4 N–H and O–H groups in total. The number of carbonyl (C=O) groups is 1. The molecule has 5 heteroatoms. The largest absolute Gasteiger partial charge is 0.504 e. The minimum Gasteiger partial charge on any atom is -0.504 e. The van der Waals surface area contributed by atoms with Gasteiger partial charge in [0.15, 0.2) is 11.5 Å². The molecule has 0 aliphatic carbocycles. The van der Waals surface area contributed by atoms with E-state index < -0.39 is 5.91 Å². The first kappa shape index (κ1) is 10.1. The van der Waals surface area contributed by atoms with Crippen LogP contribution in [0.5, 0.6) is 11.5 Å². The summed E-state index contributed by atoms with van der Waals surface area (Å²) in [4.78, 5) is 10.6. The van der Waals surface area contributed by atoms with Crippen molar-refractivity contribution >= 4 is 12.0 Å². The topological polar surface area (TPSA) is 89.8 Å². The first-order chi connectivity index (χ1) is 6.63. The standard InChI is InChI=1S/C9H9NO4/c11-7-3-1-6(5-8(7)12)2-4-9(13)10-14/h1-5,11-12,14H,(H,10,13). The van der Waals surface area contributed by atoms with Gasteiger partial charge in [0.1, 0.15) is 0 Å². The van der Waals surface area contributed by atoms with Gasteiger partial charge in [0.2, 0.25) is 0 Å². The fraction of sp³-hybridized carbons (Fsp3) is 0. The van der Waals surface area contributed by atoms with Crippen LogP contribution < -0.4 is 5.48 Å². The third kappa shape index (κ3) is 2.49. The average Bonchev–Trinajstić information content (AvgIpc) is 2.19. The number of aromatic hydroxyl groups is 2. The van der Waals surface area contributed by atoms with E-state index in [2.05, 4.69) is 0 Å². The quantitative estimate of drug-likeness (QED) is 0.241. The number of phenols is 2. The molecule has 0 unspecified atom stereocenters. The van der Waals surface area contributed by atoms with Gasteiger partial charge in [-0.15, -0.1) is 0 Å². The number of phenolic OH excluding ortho intramolecular Hbond substituents is 2. The number of carbonyl (C=O) groups excluding carboxylic acids is 1. The van der Waals surface area contributed by atoms with Crippen LogP contribution in [0.1, 0.15) is 5.56 Å². The molecule has 1 amide bonds. The van der Waals surface area contributed by atoms with Crippen molar-refractivity contribution in [1.29, 1.82) is 0 Å². The van der Waals surface area contributed by atoms with E-state index in [1.807, 2.05) is 0 Å². The van der Waals surface area contributed by atoms with Gasteiger partial charge in [-0.2, -0.15) is 0 Å². The van der Waals surface area contributed by atoms with Crippen LogP contribution >= 0.6 is 0 Å². The van der Waals surface area contributed by atoms with E-state index in [-0.39, 0.29) is 11.5 Å². The van der Waals surface area contributed by atoms with Gasteiger partial charge in [-0.05, 0) is 23.8 Å². The van der Waals surface area contributed by atoms with Gasteiger partial charge < -0.3 is 10.2 Å². The smallest absolute Gasteiger partial charge is 0.267 e. The molecule has 0 radical (unpaired) electrons. The minimum atomic E-state index is -0.669. The van der Waals surface area contributed by atoms with Crippen molar-refractivity contribution in [3.63, 3.8) is 0 Å². The lowest BCUT2D eigenvalue weighted by Crippen LogP contribution is -2.14. The lowest BCUT2D eigenvalue weighted by atomic mass is 10.2. The fourth-order valence-electron chi connectivity index (χ4n) is 0.853. The number of amides is 1. The highest BCUT2D eigenvalue weighted by atomic mass is 16.5. The third-order valence-electron chi connectivity index (χ3n) is 1.54. The van der Waals surface area contributed by atoms with Crippen LogP contribution in [0.2, 0.25) is 0 Å². The SMILES string of the molecule is O=C(C=Cc1ccc(O)c(O)c1)NO. The summed E-state index contributed by atoms with van der Waals surface area (Å²) in [5, 5.41) is 26.2. The summed E-state index contributed by atoms with van der Waals surface area (Å²) < 4.78 is 0. The van der Waals surface area contributed by atoms with Crippen LogP contribution in [-0.4, -0.2) is 21.3 Å². The van der Waals surface area contributed by atoms with E-state index in [1.54, 1.807) is 0 Å². The van der Waals surface area contributed by atoms with Crippen LogP contribution in [0.3, 0.4) is 0 Å². The number of hydroxylamine groups is 1. The van der Waals surface area contributed by atoms with Crippen molar-refractivity contribution in [1.82, 2.24) is 5.48 Å². The minimum absolute atomic E-state index is 0.228. The average molecular weight is 195 g/mol. The molecule has 0 saturated carbocycles. The van der Waals surface area contributed by atoms with Gasteiger partial charge in [-0.25, -0.2) is 5.48 Å². The molecule has 0 atom stereocenters. The van der Waals surface area contributed by atoms with E-state index in [1.165, 1.54) is 29.8 Å². The van der Waals surface area contributed by atoms with E-state index in [0.29, 0.717) is 5.56 Å². The Bertz CT molecular complexity index is 373. The highest BCUT2D eigenvalue weighted by molar-refractivity contribution is 5.90. The Morgan fingerprint density at radius 1 is 1.29 bits per heavy atom. The molecule has 74 valence electrons. The van der Waals surface area contributed by atoms with Crippen LogP contribution in [0.4, 0.5) is 0 Å². The van der Waals surface area contributed by atoms with Crippen molar-refractivity contribution in [3.8, 4) is 11.5 Å². The Kier molecular flexibility index (Phi) is 3.09. The predicted octanol–water partition coefficient (Wildman–Crippen LogP) is 0.616. The molecule has 0 heterocycles. The number of hydrogen-bond acceptors (Lipinski definition) is 4. The van der Waals surface area contributed by atoms with Gasteiger partial charge in [-0.1, -0.05) is 6.07 Å². The molecule has 1 aromatic carbocycles. The second kappa shape index (κ2) is 4.29. The summed E-state index contributed by atoms with van der Waals surface area (Å²) in [5.74, 6) is -1.16. The Morgan fingerprint density at radius 3 is 2.57 bits per heavy atom. The fourth-order valence-corrected chi connectivity index (χ4v) is 0.853. The molecule has 0 aliphatic rings. The predicted molar refractivity (Wildman–Crippen MR) is 48.7 cm³/mol. The van der Waals surface area contributed by atoms with Gasteiger partial charge in [0, 0.05) is 6.08 Å². The van der Waals surface area contributed by atoms with Crippen LogP contribution in [0.15, 0.2) is 24.3 Å². The molecule has 0 spiro atoms. The highest BCUT2D eigenvalue weighted by Gasteiger charge is 1.98. The normalized spacial score (nSPS) is 10.4. The van der Waals surface area contributed by atoms with Crippen molar-refractivity contribution < 1.29 is 20.2 Å². The summed E-state index contributed by atoms with van der Waals surface area (Å²) in [5.41, 5.74) is 1.95. The number of hydrogen-bond donors (Lipinski definition) is 4. The van der Waals surface area contributed by atoms with E-state index in [4.69, 9.17) is 15.4 Å². The van der Waals surface area contributed by atoms with Crippen LogP contribution in [0.25, 0.3) is 6.08 Å². The Balaban J connectivity index is 2.83. The van der Waals surface area contributed by atoms with Gasteiger partial charge >= 0.3 is 0 Å². The van der Waals surface area contributed by atoms with Gasteiger partial charge in [0.05, 0.1) is 0 Å². The maximum absolute atomic E-state index is 10.6. The summed E-state index contributed by atoms with van der Waals surface area (Å²) in [7, 11) is 0. The molecule has 14 heavy (non-hydrogen) atoms. The van der Waals surface area contributed by atoms with E-state index in [0.717, 1.165) is 6.08 Å². The zero-order valence-electron chi connectivity index (χ0n) is 7.14. The number of benzene rings is 1. The Morgan fingerprint density at radius 2 is 2.00 bits per heavy atom. The summed E-state index contributed by atoms with van der Waals surface area (Å²) in [6.07, 6.45) is 2.47. The molecule has 0 aromatic heterocycles. The molecule has 1 aromatic rings. The van der Waals surface area contributed by atoms with Crippen LogP contribution in [-0.2, 0) is 4.79 Å². The highest BCUT2D eigenvalue weighted by Crippen LogP contribution is 2.25. The summed E-state index contributed by atoms with van der Waals surface area (Å²) >= 11 is 0. The van der Waals surface area contributed by atoms with E-state index in [9.17, 15) is 4.79 Å². The molecule has 5 nitrogen and oxygen atoms in total. The first-order valence-electron chi connectivity index (χ1n) is 3.77. The maximum Gasteiger partial charge on any atom is 0.267 e. The molecule has 1 rings (SSSR count). The Labute approximate surface area is 79.9 Å². The van der Waals surface area contributed by atoms with E-state index >= 15 is 0 Å². The van der Waals surface area contributed by atoms with Crippen molar-refractivity contribution in [2.24, 2.45) is 0 Å². The summed E-state index contributed by atoms with van der Waals surface area (Å²) in [6, 6.07) is 4.10. The molecular formula is C9H9NO4. The number of nitrogens with one attached hydrogen (secondary N) is 1. The zero-order valence-corrected chi connectivity index (χ0v) is 7.14. The summed E-state index contributed by atoms with van der Waals surface area (Å²) in [6.45, 7) is 0. The monoisotopic (exact) mass is 195 g/mol. The molecular weight excluding hydrogens is 186 g/mol. The van der Waals surface area contributed by atoms with Crippen molar-refractivity contribution in [2.45, 2.75) is 0 Å². The third-order valence-corrected chi connectivity index (χ3v) is 1.54. The molecule has 0 bridgehead atoms. The zero-order chi connectivity index (χ0) is 10.6. The van der Waals surface area contributed by atoms with Crippen molar-refractivity contribution in [3.05, 3.63) is 29.8 Å². The molecule has 0 aliphatic heterocycles. The maximum atomic E-state index is 10.6. The number of rotatable bonds is 2. The van der Waals surface area contributed by atoms with Crippen LogP contribution in [0, 0.1) is 0 Å². The second-order valence-electron chi connectivity index (χ2n) is 2.56. The lowest BCUT2D eigenvalue weighted by molar-refractivity contribution is -0.124. The first-order valence-corrected chi connectivity index (χ1v) is 3.77. The Hall–Kier alpha value is -2.01. The molecule has 0 fully saturated rings. The molecule has 0 saturated heterocycles. The van der Waals surface area contributed by atoms with Gasteiger partial charge in [0.25, 0.3) is 5.91 Å². The second-order valence-corrected chi connectivity index (χ2v) is 2.56. The van der Waals surface area contributed by atoms with Gasteiger partial charge in [-0.3, -0.25) is 10.0 Å². The van der Waals surface area contributed by atoms with Crippen molar-refractivity contribution in [2.75, 3.05) is 0 Å². The lowest BCUT2D eigenvalue weighted by Gasteiger charge is -1.97.